The van der Waals surface area contributed by atoms with Crippen molar-refractivity contribution in [3.05, 3.63) is 42.0 Å². The maximum absolute atomic E-state index is 12.8. The molecule has 5 amide bonds. The number of imide groups is 1. The number of ether oxygens (including phenoxy) is 3. The van der Waals surface area contributed by atoms with Gasteiger partial charge in [-0.25, -0.2) is 4.79 Å². The number of benzene rings is 1. The zero-order valence-electron chi connectivity index (χ0n) is 29.5. The molecule has 3 rings (SSSR count). The van der Waals surface area contributed by atoms with Crippen LogP contribution < -0.4 is 20.7 Å². The number of carbonyl (C=O) groups is 7. The second-order valence-corrected chi connectivity index (χ2v) is 14.2. The summed E-state index contributed by atoms with van der Waals surface area (Å²) in [4.78, 5) is 84.5. The van der Waals surface area contributed by atoms with Gasteiger partial charge in [0, 0.05) is 50.9 Å². The third-order valence-electron chi connectivity index (χ3n) is 6.89. The van der Waals surface area contributed by atoms with E-state index in [1.165, 1.54) is 6.07 Å². The van der Waals surface area contributed by atoms with Crippen LogP contribution in [0.1, 0.15) is 52.0 Å². The third-order valence-corrected chi connectivity index (χ3v) is 6.89. The van der Waals surface area contributed by atoms with Crippen LogP contribution >= 0.6 is 0 Å². The molecule has 1 aromatic rings. The van der Waals surface area contributed by atoms with E-state index in [1.807, 2.05) is 0 Å². The van der Waals surface area contributed by atoms with Gasteiger partial charge in [0.05, 0.1) is 30.0 Å². The molecule has 3 atom stereocenters. The summed E-state index contributed by atoms with van der Waals surface area (Å²) in [7, 11) is -3.67. The van der Waals surface area contributed by atoms with Gasteiger partial charge < -0.3 is 40.4 Å². The van der Waals surface area contributed by atoms with Crippen LogP contribution in [0, 0.1) is 5.41 Å². The number of nitrogens with one attached hydrogen (secondary N) is 3. The number of aliphatic carboxylic acids is 1. The molecule has 2 aliphatic rings. The van der Waals surface area contributed by atoms with Gasteiger partial charge in [0.1, 0.15) is 12.4 Å². The lowest BCUT2D eigenvalue weighted by molar-refractivity contribution is -0.195. The van der Waals surface area contributed by atoms with Crippen LogP contribution in [0.5, 0.6) is 5.75 Å². The average molecular weight is 769 g/mol. The van der Waals surface area contributed by atoms with Gasteiger partial charge in [-0.3, -0.25) is 38.2 Å². The van der Waals surface area contributed by atoms with Crippen molar-refractivity contribution >= 4 is 63.4 Å². The first kappa shape index (κ1) is 44.0. The molecule has 3 unspecified atom stereocenters. The predicted octanol–water partition coefficient (Wildman–Crippen LogP) is -0.00140. The largest absolute Gasteiger partial charge is 0.479 e. The minimum atomic E-state index is -3.67. The molecule has 1 aromatic carbocycles. The minimum Gasteiger partial charge on any atom is -0.479 e. The van der Waals surface area contributed by atoms with Gasteiger partial charge >= 0.3 is 11.9 Å². The Balaban J connectivity index is 0.00000181. The van der Waals surface area contributed by atoms with E-state index in [9.17, 15) is 52.2 Å². The zero-order valence-corrected chi connectivity index (χ0v) is 30.3. The molecule has 0 bridgehead atoms. The van der Waals surface area contributed by atoms with Gasteiger partial charge in [0.2, 0.25) is 24.0 Å². The van der Waals surface area contributed by atoms with E-state index in [1.54, 1.807) is 45.1 Å². The highest BCUT2D eigenvalue weighted by atomic mass is 32.2. The molecule has 0 spiro atoms. The topological polar surface area (TPSA) is 281 Å². The van der Waals surface area contributed by atoms with E-state index in [4.69, 9.17) is 18.8 Å². The van der Waals surface area contributed by atoms with Crippen molar-refractivity contribution in [2.24, 2.45) is 5.41 Å². The molecule has 53 heavy (non-hydrogen) atoms. The number of carboxylic acids is 1. The Kier molecular flexibility index (Phi) is 16.7. The summed E-state index contributed by atoms with van der Waals surface area (Å²) < 4.78 is 42.4. The van der Waals surface area contributed by atoms with E-state index in [-0.39, 0.29) is 69.3 Å². The monoisotopic (exact) mass is 768 g/mol. The first-order valence-electron chi connectivity index (χ1n) is 16.1. The second kappa shape index (κ2) is 20.2. The maximum atomic E-state index is 12.8. The van der Waals surface area contributed by atoms with Crippen molar-refractivity contribution in [3.8, 4) is 5.75 Å². The van der Waals surface area contributed by atoms with Crippen LogP contribution in [0.4, 0.5) is 5.69 Å². The SMILES string of the molecule is CC(C)(C)C(=O)OC/C=C/c1ccc(OC2CC(O)CC(C(=O)O)O2)c(NC(=O)CCNC(=O)CNC(=O)CCN2C(=O)C=CC2=O)c1.CS(=O)(=O)O. The fourth-order valence-electron chi connectivity index (χ4n) is 4.34. The highest BCUT2D eigenvalue weighted by molar-refractivity contribution is 7.85. The third kappa shape index (κ3) is 17.3. The first-order valence-corrected chi connectivity index (χ1v) is 18.0. The van der Waals surface area contributed by atoms with E-state index in [0.29, 0.717) is 11.8 Å². The molecule has 20 heteroatoms. The minimum absolute atomic E-state index is 0.00769. The van der Waals surface area contributed by atoms with Crippen LogP contribution in [-0.2, 0) is 53.2 Å². The van der Waals surface area contributed by atoms with Gasteiger partial charge in [0.25, 0.3) is 21.9 Å². The summed E-state index contributed by atoms with van der Waals surface area (Å²) in [6.45, 7) is 4.60. The fraction of sp³-hybridized carbons (Fsp3) is 0.485. The number of carboxylic acid groups (broad SMARTS) is 1. The number of anilines is 1. The van der Waals surface area contributed by atoms with E-state index < -0.39 is 69.5 Å². The summed E-state index contributed by atoms with van der Waals surface area (Å²) in [5, 5.41) is 27.0. The lowest BCUT2D eigenvalue weighted by Crippen LogP contribution is -2.42. The fourth-order valence-corrected chi connectivity index (χ4v) is 4.34. The number of aliphatic hydroxyl groups excluding tert-OH is 1. The Morgan fingerprint density at radius 2 is 1.64 bits per heavy atom. The number of carbonyl (C=O) groups excluding carboxylic acids is 6. The molecule has 0 aromatic heterocycles. The summed E-state index contributed by atoms with van der Waals surface area (Å²) in [6, 6.07) is 4.73. The van der Waals surface area contributed by atoms with E-state index in [0.717, 1.165) is 17.1 Å². The second-order valence-electron chi connectivity index (χ2n) is 12.7. The molecule has 19 nitrogen and oxygen atoms in total. The highest BCUT2D eigenvalue weighted by Gasteiger charge is 2.34. The zero-order chi connectivity index (χ0) is 39.9. The van der Waals surface area contributed by atoms with Gasteiger partial charge in [-0.2, -0.15) is 8.42 Å². The Morgan fingerprint density at radius 1 is 1.00 bits per heavy atom. The number of nitrogens with zero attached hydrogens (tertiary/aromatic N) is 1. The lowest BCUT2D eigenvalue weighted by Gasteiger charge is -2.31. The Labute approximate surface area is 305 Å². The number of amides is 5. The maximum Gasteiger partial charge on any atom is 0.333 e. The molecule has 1 saturated heterocycles. The normalized spacial score (nSPS) is 18.5. The van der Waals surface area contributed by atoms with Gasteiger partial charge in [0.15, 0.2) is 6.10 Å². The quantitative estimate of drug-likeness (QED) is 0.0778. The Hall–Kier alpha value is -5.18. The number of rotatable bonds is 15. The summed E-state index contributed by atoms with van der Waals surface area (Å²) in [5.74, 6) is -4.18. The van der Waals surface area contributed by atoms with Crippen molar-refractivity contribution < 1.29 is 71.0 Å². The summed E-state index contributed by atoms with van der Waals surface area (Å²) >= 11 is 0. The van der Waals surface area contributed by atoms with Gasteiger partial charge in [-0.15, -0.1) is 0 Å². The van der Waals surface area contributed by atoms with Crippen LogP contribution in [0.3, 0.4) is 0 Å². The van der Waals surface area contributed by atoms with Crippen molar-refractivity contribution in [3.63, 3.8) is 0 Å². The van der Waals surface area contributed by atoms with E-state index >= 15 is 0 Å². The smallest absolute Gasteiger partial charge is 0.333 e. The first-order chi connectivity index (χ1) is 24.6. The molecule has 292 valence electrons. The van der Waals surface area contributed by atoms with Gasteiger partial charge in [-0.05, 0) is 44.5 Å². The molecule has 6 N–H and O–H groups in total. The standard InChI is InChI=1S/C32H40N4O12.CH4O3S/c1-32(2,3)31(45)46-14-4-5-19-6-7-22(47-29-17-20(37)16-23(48-29)30(43)44)21(15-19)35-25(39)10-12-33-26(40)18-34-24(38)11-13-36-27(41)8-9-28(36)42;1-5(2,3)4/h4-9,15,20,23,29,37H,10-14,16-18H2,1-3H3,(H,33,40)(H,34,38)(H,35,39)(H,43,44);1H3,(H,2,3,4)/b5-4+;. The van der Waals surface area contributed by atoms with Crippen LogP contribution in [0.2, 0.25) is 0 Å². The van der Waals surface area contributed by atoms with Crippen LogP contribution in [0.15, 0.2) is 36.4 Å². The highest BCUT2D eigenvalue weighted by Crippen LogP contribution is 2.31. The van der Waals surface area contributed by atoms with Gasteiger partial charge in [-0.1, -0.05) is 12.1 Å². The van der Waals surface area contributed by atoms with Crippen LogP contribution in [-0.4, -0.2) is 121 Å². The van der Waals surface area contributed by atoms with Crippen molar-refractivity contribution in [2.45, 2.75) is 65.0 Å². The molecule has 1 fully saturated rings. The number of hydrogen-bond acceptors (Lipinski definition) is 13. The number of esters is 1. The average Bonchev–Trinajstić information content (AvgIpc) is 3.36. The molecule has 2 heterocycles. The molecule has 0 aliphatic carbocycles. The van der Waals surface area contributed by atoms with E-state index in [2.05, 4.69) is 16.0 Å². The number of hydrogen-bond donors (Lipinski definition) is 6. The summed E-state index contributed by atoms with van der Waals surface area (Å²) in [6.07, 6.45) is 2.35. The Morgan fingerprint density at radius 3 is 2.25 bits per heavy atom. The molecular weight excluding hydrogens is 724 g/mol. The van der Waals surface area contributed by atoms with Crippen molar-refractivity contribution in [1.82, 2.24) is 15.5 Å². The molecule has 2 aliphatic heterocycles. The summed E-state index contributed by atoms with van der Waals surface area (Å²) in [5.41, 5.74) is 0.118. The number of aliphatic hydroxyl groups is 1. The van der Waals surface area contributed by atoms with Crippen LogP contribution in [0.25, 0.3) is 6.08 Å². The lowest BCUT2D eigenvalue weighted by atomic mass is 9.97. The molecule has 0 saturated carbocycles. The molecular formula is C33H44N4O15S. The van der Waals surface area contributed by atoms with Crippen molar-refractivity contribution in [2.75, 3.05) is 37.8 Å². The Bertz CT molecular complexity index is 1680. The predicted molar refractivity (Wildman–Crippen MR) is 185 cm³/mol. The molecule has 0 radical (unpaired) electrons. The van der Waals surface area contributed by atoms with Crippen molar-refractivity contribution in [1.29, 1.82) is 0 Å².